The van der Waals surface area contributed by atoms with E-state index in [2.05, 4.69) is 5.32 Å². The van der Waals surface area contributed by atoms with Crippen LogP contribution in [0.3, 0.4) is 0 Å². The van der Waals surface area contributed by atoms with Crippen molar-refractivity contribution in [3.63, 3.8) is 0 Å². The summed E-state index contributed by atoms with van der Waals surface area (Å²) in [6.45, 7) is 2.07. The zero-order valence-electron chi connectivity index (χ0n) is 11.4. The van der Waals surface area contributed by atoms with Crippen LogP contribution in [0.1, 0.15) is 18.1 Å². The zero-order chi connectivity index (χ0) is 15.4. The van der Waals surface area contributed by atoms with Gasteiger partial charge in [-0.25, -0.2) is 9.59 Å². The van der Waals surface area contributed by atoms with E-state index in [1.807, 2.05) is 13.0 Å². The Morgan fingerprint density at radius 1 is 1.57 bits per heavy atom. The smallest absolute Gasteiger partial charge is 0.327 e. The van der Waals surface area contributed by atoms with Gasteiger partial charge in [0.25, 0.3) is 0 Å². The van der Waals surface area contributed by atoms with Gasteiger partial charge in [0.15, 0.2) is 0 Å². The molecule has 0 radical (unpaired) electrons. The van der Waals surface area contributed by atoms with Crippen LogP contribution in [-0.4, -0.2) is 39.2 Å². The Labute approximate surface area is 126 Å². The van der Waals surface area contributed by atoms with E-state index >= 15 is 0 Å². The lowest BCUT2D eigenvalue weighted by Crippen LogP contribution is -2.49. The van der Waals surface area contributed by atoms with Gasteiger partial charge in [-0.3, -0.25) is 4.90 Å². The molecule has 2 N–H and O–H groups in total. The van der Waals surface area contributed by atoms with E-state index in [0.29, 0.717) is 11.3 Å². The van der Waals surface area contributed by atoms with Crippen LogP contribution in [0, 0.1) is 11.3 Å². The maximum Gasteiger partial charge on any atom is 0.327 e. The van der Waals surface area contributed by atoms with Crippen molar-refractivity contribution >= 4 is 23.8 Å². The van der Waals surface area contributed by atoms with Crippen molar-refractivity contribution < 1.29 is 14.7 Å². The van der Waals surface area contributed by atoms with Crippen LogP contribution in [-0.2, 0) is 11.3 Å². The first-order valence-electron chi connectivity index (χ1n) is 6.42. The minimum absolute atomic E-state index is 0.170. The first-order chi connectivity index (χ1) is 10.0. The van der Waals surface area contributed by atoms with Crippen LogP contribution in [0.4, 0.5) is 4.79 Å². The molecular weight excluding hydrogens is 290 g/mol. The normalized spacial score (nSPS) is 20.9. The maximum atomic E-state index is 12.2. The fourth-order valence-electron chi connectivity index (χ4n) is 2.16. The first-order valence-corrected chi connectivity index (χ1v) is 7.47. The van der Waals surface area contributed by atoms with Crippen molar-refractivity contribution in [1.29, 1.82) is 5.26 Å². The number of thioether (sulfide) groups is 1. The van der Waals surface area contributed by atoms with Gasteiger partial charge in [0.05, 0.1) is 17.0 Å². The molecule has 110 valence electrons. The lowest BCUT2D eigenvalue weighted by molar-refractivity contribution is -0.141. The van der Waals surface area contributed by atoms with Crippen LogP contribution in [0.25, 0.3) is 0 Å². The van der Waals surface area contributed by atoms with Crippen molar-refractivity contribution in [2.24, 2.45) is 0 Å². The van der Waals surface area contributed by atoms with E-state index in [4.69, 9.17) is 10.4 Å². The van der Waals surface area contributed by atoms with E-state index in [0.717, 1.165) is 5.56 Å². The number of aliphatic carboxylic acids is 1. The Morgan fingerprint density at radius 3 is 3.00 bits per heavy atom. The van der Waals surface area contributed by atoms with E-state index in [1.165, 1.54) is 16.7 Å². The molecule has 7 heteroatoms. The minimum Gasteiger partial charge on any atom is -0.480 e. The van der Waals surface area contributed by atoms with Gasteiger partial charge in [0.1, 0.15) is 6.04 Å². The summed E-state index contributed by atoms with van der Waals surface area (Å²) in [5.74, 6) is -0.595. The quantitative estimate of drug-likeness (QED) is 0.885. The first kappa shape index (κ1) is 15.2. The van der Waals surface area contributed by atoms with Gasteiger partial charge < -0.3 is 10.4 Å². The van der Waals surface area contributed by atoms with E-state index < -0.39 is 18.0 Å². The van der Waals surface area contributed by atoms with Gasteiger partial charge in [0.2, 0.25) is 0 Å². The average molecular weight is 305 g/mol. The number of urea groups is 1. The minimum atomic E-state index is -0.992. The van der Waals surface area contributed by atoms with Crippen molar-refractivity contribution in [2.75, 3.05) is 5.75 Å². The van der Waals surface area contributed by atoms with Gasteiger partial charge in [0, 0.05) is 12.3 Å². The fourth-order valence-corrected chi connectivity index (χ4v) is 3.33. The van der Waals surface area contributed by atoms with Crippen LogP contribution in [0.2, 0.25) is 0 Å². The number of nitrogens with zero attached hydrogens (tertiary/aromatic N) is 2. The average Bonchev–Trinajstić information content (AvgIpc) is 2.87. The highest BCUT2D eigenvalue weighted by Gasteiger charge is 2.39. The maximum absolute atomic E-state index is 12.2. The largest absolute Gasteiger partial charge is 0.480 e. The molecule has 2 rings (SSSR count). The zero-order valence-corrected chi connectivity index (χ0v) is 12.3. The van der Waals surface area contributed by atoms with E-state index in [-0.39, 0.29) is 11.9 Å². The molecule has 0 aliphatic carbocycles. The molecule has 1 saturated heterocycles. The molecule has 1 fully saturated rings. The Hall–Kier alpha value is -2.20. The third-order valence-electron chi connectivity index (χ3n) is 3.24. The second-order valence-electron chi connectivity index (χ2n) is 4.66. The number of carboxylic acid groups (broad SMARTS) is 1. The summed E-state index contributed by atoms with van der Waals surface area (Å²) in [6, 6.07) is 7.76. The molecule has 21 heavy (non-hydrogen) atoms. The number of carboxylic acids is 1. The summed E-state index contributed by atoms with van der Waals surface area (Å²) < 4.78 is 0. The second-order valence-corrected chi connectivity index (χ2v) is 6.01. The molecule has 1 aromatic carbocycles. The molecule has 0 bridgehead atoms. The number of carbonyl (C=O) groups excluding carboxylic acids is 1. The molecule has 2 amide bonds. The second kappa shape index (κ2) is 6.50. The lowest BCUT2D eigenvalue weighted by Gasteiger charge is -2.25. The van der Waals surface area contributed by atoms with Gasteiger partial charge in [-0.1, -0.05) is 12.1 Å². The summed E-state index contributed by atoms with van der Waals surface area (Å²) in [7, 11) is 0. The fraction of sp³-hybridized carbons (Fsp3) is 0.357. The number of rotatable bonds is 3. The lowest BCUT2D eigenvalue weighted by atomic mass is 10.1. The molecular formula is C14H15N3O3S. The molecule has 2 atom stereocenters. The Kier molecular flexibility index (Phi) is 4.70. The number of hydrogen-bond donors (Lipinski definition) is 2. The van der Waals surface area contributed by atoms with Gasteiger partial charge in [-0.15, -0.1) is 11.8 Å². The predicted octanol–water partition coefficient (Wildman–Crippen LogP) is 1.62. The van der Waals surface area contributed by atoms with Crippen LogP contribution in [0.15, 0.2) is 24.3 Å². The molecule has 6 nitrogen and oxygen atoms in total. The van der Waals surface area contributed by atoms with Gasteiger partial charge in [-0.2, -0.15) is 5.26 Å². The number of nitrogens with one attached hydrogen (secondary N) is 1. The Balaban J connectivity index is 2.00. The molecule has 1 aliphatic rings. The molecule has 0 saturated carbocycles. The topological polar surface area (TPSA) is 93.4 Å². The van der Waals surface area contributed by atoms with Crippen molar-refractivity contribution in [1.82, 2.24) is 10.2 Å². The van der Waals surface area contributed by atoms with Crippen molar-refractivity contribution in [3.05, 3.63) is 35.4 Å². The highest BCUT2D eigenvalue weighted by molar-refractivity contribution is 8.00. The van der Waals surface area contributed by atoms with Gasteiger partial charge in [-0.05, 0) is 24.6 Å². The number of amides is 2. The summed E-state index contributed by atoms with van der Waals surface area (Å²) in [6.07, 6.45) is 0. The van der Waals surface area contributed by atoms with Crippen molar-refractivity contribution in [2.45, 2.75) is 24.9 Å². The molecule has 0 aromatic heterocycles. The summed E-state index contributed by atoms with van der Waals surface area (Å²) in [5, 5.41) is 20.5. The van der Waals surface area contributed by atoms with E-state index in [9.17, 15) is 9.59 Å². The SMILES string of the molecule is CC1SCC(C(=O)O)N1C(=O)NCc1cccc(C#N)c1. The van der Waals surface area contributed by atoms with Crippen molar-refractivity contribution in [3.8, 4) is 6.07 Å². The van der Waals surface area contributed by atoms with Crippen LogP contribution < -0.4 is 5.32 Å². The standard InChI is InChI=1S/C14H15N3O3S/c1-9-17(12(8-21-9)13(18)19)14(20)16-7-11-4-2-3-10(5-11)6-15/h2-5,9,12H,7-8H2,1H3,(H,16,20)(H,18,19). The summed E-state index contributed by atoms with van der Waals surface area (Å²) >= 11 is 1.44. The number of nitriles is 1. The molecule has 2 unspecified atom stereocenters. The summed E-state index contributed by atoms with van der Waals surface area (Å²) in [5.41, 5.74) is 1.32. The molecule has 1 aliphatic heterocycles. The highest BCUT2D eigenvalue weighted by Crippen LogP contribution is 2.28. The third-order valence-corrected chi connectivity index (χ3v) is 4.46. The van der Waals surface area contributed by atoms with Crippen LogP contribution in [0.5, 0.6) is 0 Å². The summed E-state index contributed by atoms with van der Waals surface area (Å²) in [4.78, 5) is 24.7. The third kappa shape index (κ3) is 3.47. The van der Waals surface area contributed by atoms with E-state index in [1.54, 1.807) is 24.3 Å². The monoisotopic (exact) mass is 305 g/mol. The van der Waals surface area contributed by atoms with Crippen LogP contribution >= 0.6 is 11.8 Å². The Morgan fingerprint density at radius 2 is 2.33 bits per heavy atom. The van der Waals surface area contributed by atoms with Gasteiger partial charge >= 0.3 is 12.0 Å². The molecule has 1 heterocycles. The molecule has 0 spiro atoms. The molecule has 1 aromatic rings. The number of carbonyl (C=O) groups is 2. The number of hydrogen-bond acceptors (Lipinski definition) is 4. The highest BCUT2D eigenvalue weighted by atomic mass is 32.2. The Bertz CT molecular complexity index is 599. The number of benzene rings is 1. The predicted molar refractivity (Wildman–Crippen MR) is 78.6 cm³/mol.